The third kappa shape index (κ3) is 4.81. The van der Waals surface area contributed by atoms with Gasteiger partial charge in [-0.2, -0.15) is 0 Å². The Morgan fingerprint density at radius 1 is 0.862 bits per heavy atom. The van der Waals surface area contributed by atoms with Crippen molar-refractivity contribution in [3.05, 3.63) is 72.7 Å². The number of aromatic nitrogens is 2. The summed E-state index contributed by atoms with van der Waals surface area (Å²) in [6, 6.07) is 18.6. The zero-order valence-electron chi connectivity index (χ0n) is 16.2. The van der Waals surface area contributed by atoms with Gasteiger partial charge < -0.3 is 4.90 Å². The van der Waals surface area contributed by atoms with Gasteiger partial charge in [-0.15, -0.1) is 0 Å². The molecule has 6 nitrogen and oxygen atoms in total. The van der Waals surface area contributed by atoms with E-state index in [4.69, 9.17) is 0 Å². The third-order valence-corrected chi connectivity index (χ3v) is 6.48. The summed E-state index contributed by atoms with van der Waals surface area (Å²) < 4.78 is 27.9. The molecule has 1 N–H and O–H groups in total. The summed E-state index contributed by atoms with van der Waals surface area (Å²) in [7, 11) is -3.64. The molecule has 0 spiro atoms. The maximum atomic E-state index is 12.7. The smallest absolute Gasteiger partial charge is 0.240 e. The van der Waals surface area contributed by atoms with Crippen LogP contribution in [0.2, 0.25) is 0 Å². The Kier molecular flexibility index (Phi) is 5.87. The van der Waals surface area contributed by atoms with E-state index < -0.39 is 10.0 Å². The van der Waals surface area contributed by atoms with Gasteiger partial charge in [0.2, 0.25) is 10.0 Å². The second-order valence-corrected chi connectivity index (χ2v) is 8.86. The van der Waals surface area contributed by atoms with E-state index >= 15 is 0 Å². The Morgan fingerprint density at radius 2 is 1.55 bits per heavy atom. The average molecular weight is 409 g/mol. The Morgan fingerprint density at radius 3 is 2.28 bits per heavy atom. The molecule has 4 rings (SSSR count). The van der Waals surface area contributed by atoms with Crippen molar-refractivity contribution in [2.45, 2.75) is 30.7 Å². The van der Waals surface area contributed by atoms with Gasteiger partial charge in [0, 0.05) is 19.3 Å². The van der Waals surface area contributed by atoms with E-state index in [1.165, 1.54) is 6.42 Å². The molecule has 1 aliphatic heterocycles. The van der Waals surface area contributed by atoms with Gasteiger partial charge in [0.25, 0.3) is 0 Å². The molecule has 0 radical (unpaired) electrons. The predicted molar refractivity (Wildman–Crippen MR) is 114 cm³/mol. The lowest BCUT2D eigenvalue weighted by molar-refractivity contribution is 0.569. The fraction of sp³-hybridized carbons (Fsp3) is 0.273. The maximum absolute atomic E-state index is 12.7. The highest BCUT2D eigenvalue weighted by molar-refractivity contribution is 7.89. The summed E-state index contributed by atoms with van der Waals surface area (Å²) in [5.74, 6) is 1.33. The monoisotopic (exact) mass is 408 g/mol. The van der Waals surface area contributed by atoms with Crippen molar-refractivity contribution >= 4 is 15.8 Å². The molecule has 7 heteroatoms. The quantitative estimate of drug-likeness (QED) is 0.674. The van der Waals surface area contributed by atoms with E-state index in [0.717, 1.165) is 42.9 Å². The SMILES string of the molecule is O=S(=O)(NCc1nccc(N2CCCCC2)n1)c1ccc(-c2ccccc2)cc1. The lowest BCUT2D eigenvalue weighted by Gasteiger charge is -2.27. The Balaban J connectivity index is 1.44. The zero-order valence-corrected chi connectivity index (χ0v) is 17.0. The lowest BCUT2D eigenvalue weighted by Crippen LogP contribution is -2.31. The number of rotatable bonds is 6. The van der Waals surface area contributed by atoms with Crippen LogP contribution in [-0.4, -0.2) is 31.5 Å². The number of anilines is 1. The van der Waals surface area contributed by atoms with Gasteiger partial charge in [0.05, 0.1) is 11.4 Å². The minimum absolute atomic E-state index is 0.0600. The molecule has 0 amide bonds. The van der Waals surface area contributed by atoms with Gasteiger partial charge >= 0.3 is 0 Å². The van der Waals surface area contributed by atoms with E-state index in [1.807, 2.05) is 48.5 Å². The minimum Gasteiger partial charge on any atom is -0.357 e. The van der Waals surface area contributed by atoms with E-state index in [0.29, 0.717) is 5.82 Å². The summed E-state index contributed by atoms with van der Waals surface area (Å²) in [5.41, 5.74) is 2.02. The molecule has 0 saturated carbocycles. The van der Waals surface area contributed by atoms with Crippen molar-refractivity contribution < 1.29 is 8.42 Å². The molecule has 3 aromatic rings. The van der Waals surface area contributed by atoms with E-state index in [-0.39, 0.29) is 11.4 Å². The molecule has 1 aromatic heterocycles. The highest BCUT2D eigenvalue weighted by atomic mass is 32.2. The molecule has 1 aliphatic rings. The van der Waals surface area contributed by atoms with Crippen LogP contribution >= 0.6 is 0 Å². The molecule has 0 unspecified atom stereocenters. The molecule has 1 saturated heterocycles. The van der Waals surface area contributed by atoms with E-state index in [2.05, 4.69) is 19.6 Å². The Labute approximate surface area is 171 Å². The van der Waals surface area contributed by atoms with Crippen LogP contribution in [0.4, 0.5) is 5.82 Å². The number of benzene rings is 2. The van der Waals surface area contributed by atoms with Crippen LogP contribution < -0.4 is 9.62 Å². The van der Waals surface area contributed by atoms with E-state index in [1.54, 1.807) is 18.3 Å². The molecule has 1 fully saturated rings. The van der Waals surface area contributed by atoms with Crippen LogP contribution in [0.3, 0.4) is 0 Å². The predicted octanol–water partition coefficient (Wildman–Crippen LogP) is 3.61. The van der Waals surface area contributed by atoms with Gasteiger partial charge in [-0.05, 0) is 48.6 Å². The Bertz CT molecular complexity index is 1050. The summed E-state index contributed by atoms with van der Waals surface area (Å²) >= 11 is 0. The van der Waals surface area contributed by atoms with E-state index in [9.17, 15) is 8.42 Å². The normalized spacial score (nSPS) is 14.7. The number of hydrogen-bond donors (Lipinski definition) is 1. The van der Waals surface area contributed by atoms with Gasteiger partial charge in [-0.3, -0.25) is 0 Å². The van der Waals surface area contributed by atoms with Crippen molar-refractivity contribution in [3.8, 4) is 11.1 Å². The van der Waals surface area contributed by atoms with Crippen LogP contribution in [0, 0.1) is 0 Å². The second-order valence-electron chi connectivity index (χ2n) is 7.09. The minimum atomic E-state index is -3.64. The molecule has 0 aliphatic carbocycles. The number of piperidine rings is 1. The van der Waals surface area contributed by atoms with Crippen LogP contribution in [0.5, 0.6) is 0 Å². The van der Waals surface area contributed by atoms with Crippen molar-refractivity contribution in [2.75, 3.05) is 18.0 Å². The lowest BCUT2D eigenvalue weighted by atomic mass is 10.1. The Hall–Kier alpha value is -2.77. The fourth-order valence-corrected chi connectivity index (χ4v) is 4.45. The zero-order chi connectivity index (χ0) is 20.1. The first-order chi connectivity index (χ1) is 14.1. The molecule has 2 heterocycles. The van der Waals surface area contributed by atoms with Crippen molar-refractivity contribution in [2.24, 2.45) is 0 Å². The van der Waals surface area contributed by atoms with Crippen LogP contribution in [0.15, 0.2) is 71.8 Å². The molecular formula is C22H24N4O2S. The summed E-state index contributed by atoms with van der Waals surface area (Å²) in [5, 5.41) is 0. The van der Waals surface area contributed by atoms with Gasteiger partial charge in [-0.1, -0.05) is 42.5 Å². The second kappa shape index (κ2) is 8.71. The molecule has 29 heavy (non-hydrogen) atoms. The molecule has 0 atom stereocenters. The fourth-order valence-electron chi connectivity index (χ4n) is 3.47. The van der Waals surface area contributed by atoms with Gasteiger partial charge in [-0.25, -0.2) is 23.1 Å². The van der Waals surface area contributed by atoms with Crippen LogP contribution in [0.25, 0.3) is 11.1 Å². The topological polar surface area (TPSA) is 75.2 Å². The molecule has 2 aromatic carbocycles. The maximum Gasteiger partial charge on any atom is 0.240 e. The summed E-state index contributed by atoms with van der Waals surface area (Å²) in [6.45, 7) is 2.02. The van der Waals surface area contributed by atoms with Crippen molar-refractivity contribution in [1.29, 1.82) is 0 Å². The number of hydrogen-bond acceptors (Lipinski definition) is 5. The van der Waals surface area contributed by atoms with Crippen LogP contribution in [-0.2, 0) is 16.6 Å². The standard InChI is InChI=1S/C22H24N4O2S/c27-29(28,20-11-9-19(10-12-20)18-7-3-1-4-8-18)24-17-21-23-14-13-22(25-21)26-15-5-2-6-16-26/h1,3-4,7-14,24H,2,5-6,15-17H2. The van der Waals surface area contributed by atoms with Crippen molar-refractivity contribution in [1.82, 2.24) is 14.7 Å². The largest absolute Gasteiger partial charge is 0.357 e. The van der Waals surface area contributed by atoms with Crippen LogP contribution in [0.1, 0.15) is 25.1 Å². The van der Waals surface area contributed by atoms with Gasteiger partial charge in [0.15, 0.2) is 0 Å². The first-order valence-electron chi connectivity index (χ1n) is 9.84. The third-order valence-electron chi connectivity index (χ3n) is 5.06. The molecule has 150 valence electrons. The van der Waals surface area contributed by atoms with Crippen molar-refractivity contribution in [3.63, 3.8) is 0 Å². The number of nitrogens with zero attached hydrogens (tertiary/aromatic N) is 3. The summed E-state index contributed by atoms with van der Waals surface area (Å²) in [4.78, 5) is 11.2. The number of sulfonamides is 1. The highest BCUT2D eigenvalue weighted by Gasteiger charge is 2.16. The van der Waals surface area contributed by atoms with Gasteiger partial charge in [0.1, 0.15) is 11.6 Å². The molecular weight excluding hydrogens is 384 g/mol. The highest BCUT2D eigenvalue weighted by Crippen LogP contribution is 2.21. The summed E-state index contributed by atoms with van der Waals surface area (Å²) in [6.07, 6.45) is 5.25. The molecule has 0 bridgehead atoms. The first-order valence-corrected chi connectivity index (χ1v) is 11.3. The average Bonchev–Trinajstić information content (AvgIpc) is 2.79. The first kappa shape index (κ1) is 19.5. The number of nitrogens with one attached hydrogen (secondary N) is 1.